The molecule has 0 saturated carbocycles. The van der Waals surface area contributed by atoms with Crippen LogP contribution in [-0.2, 0) is 0 Å². The molecule has 0 amide bonds. The number of nitrogens with two attached hydrogens (primary N) is 1. The monoisotopic (exact) mass is 234 g/mol. The molecule has 6 heteroatoms. The first-order valence-electron chi connectivity index (χ1n) is 5.65. The molecule has 0 bridgehead atoms. The predicted molar refractivity (Wildman–Crippen MR) is 65.6 cm³/mol. The fraction of sp³-hybridized carbons (Fsp3) is 0.455. The summed E-state index contributed by atoms with van der Waals surface area (Å²) in [5.41, 5.74) is 5.79. The van der Waals surface area contributed by atoms with Gasteiger partial charge in [-0.15, -0.1) is 5.10 Å². The number of aryl methyl sites for hydroxylation is 1. The number of hydrogen-bond acceptors (Lipinski definition) is 5. The highest BCUT2D eigenvalue weighted by molar-refractivity contribution is 5.13. The van der Waals surface area contributed by atoms with Crippen LogP contribution >= 0.6 is 0 Å². The first-order valence-corrected chi connectivity index (χ1v) is 5.65. The van der Waals surface area contributed by atoms with Crippen LogP contribution in [0, 0.1) is 6.92 Å². The molecule has 92 valence electrons. The standard InChI is InChI=1S/C9H12N6.C2H6/c1-6(10)8-13-7(2)14-15(8)9-11-4-3-5-12-9;1-2/h3-6H,10H2,1-2H3;1-2H3. The van der Waals surface area contributed by atoms with Gasteiger partial charge in [-0.3, -0.25) is 0 Å². The van der Waals surface area contributed by atoms with Gasteiger partial charge in [0.15, 0.2) is 5.82 Å². The molecule has 0 fully saturated rings. The Hall–Kier alpha value is -1.82. The molecule has 1 atom stereocenters. The fourth-order valence-electron chi connectivity index (χ4n) is 1.27. The van der Waals surface area contributed by atoms with Crippen molar-refractivity contribution in [2.24, 2.45) is 5.73 Å². The van der Waals surface area contributed by atoms with Crippen molar-refractivity contribution in [1.82, 2.24) is 24.7 Å². The van der Waals surface area contributed by atoms with Crippen LogP contribution in [-0.4, -0.2) is 24.7 Å². The normalized spacial score (nSPS) is 11.6. The Kier molecular flexibility index (Phi) is 4.71. The third-order valence-electron chi connectivity index (χ3n) is 1.89. The topological polar surface area (TPSA) is 82.5 Å². The van der Waals surface area contributed by atoms with Crippen molar-refractivity contribution in [3.8, 4) is 5.95 Å². The highest BCUT2D eigenvalue weighted by atomic mass is 15.4. The van der Waals surface area contributed by atoms with Gasteiger partial charge >= 0.3 is 0 Å². The van der Waals surface area contributed by atoms with Gasteiger partial charge in [0, 0.05) is 12.4 Å². The SMILES string of the molecule is CC.Cc1nc(C(C)N)n(-c2ncccn2)n1. The van der Waals surface area contributed by atoms with Crippen molar-refractivity contribution in [3.63, 3.8) is 0 Å². The molecule has 17 heavy (non-hydrogen) atoms. The minimum absolute atomic E-state index is 0.199. The highest BCUT2D eigenvalue weighted by Gasteiger charge is 2.14. The summed E-state index contributed by atoms with van der Waals surface area (Å²) in [5, 5.41) is 4.20. The molecule has 0 aliphatic carbocycles. The Morgan fingerprint density at radius 3 is 2.35 bits per heavy atom. The van der Waals surface area contributed by atoms with Crippen LogP contribution in [0.15, 0.2) is 18.5 Å². The lowest BCUT2D eigenvalue weighted by Gasteiger charge is -2.05. The zero-order valence-corrected chi connectivity index (χ0v) is 10.6. The molecule has 1 unspecified atom stereocenters. The number of nitrogens with zero attached hydrogens (tertiary/aromatic N) is 5. The predicted octanol–water partition coefficient (Wildman–Crippen LogP) is 1.41. The fourth-order valence-corrected chi connectivity index (χ4v) is 1.27. The summed E-state index contributed by atoms with van der Waals surface area (Å²) in [6, 6.07) is 1.55. The van der Waals surface area contributed by atoms with E-state index < -0.39 is 0 Å². The average molecular weight is 234 g/mol. The zero-order valence-electron chi connectivity index (χ0n) is 10.6. The summed E-state index contributed by atoms with van der Waals surface area (Å²) >= 11 is 0. The summed E-state index contributed by atoms with van der Waals surface area (Å²) in [6.45, 7) is 7.66. The van der Waals surface area contributed by atoms with Crippen LogP contribution in [0.2, 0.25) is 0 Å². The Labute approximate surface area is 101 Å². The van der Waals surface area contributed by atoms with Gasteiger partial charge in [-0.05, 0) is 19.9 Å². The molecule has 2 aromatic rings. The van der Waals surface area contributed by atoms with E-state index in [0.29, 0.717) is 17.6 Å². The van der Waals surface area contributed by atoms with Crippen LogP contribution in [0.5, 0.6) is 0 Å². The van der Waals surface area contributed by atoms with E-state index in [4.69, 9.17) is 5.73 Å². The summed E-state index contributed by atoms with van der Waals surface area (Å²) in [6.07, 6.45) is 3.31. The molecule has 0 spiro atoms. The van der Waals surface area contributed by atoms with Crippen LogP contribution in [0.3, 0.4) is 0 Å². The van der Waals surface area contributed by atoms with E-state index in [1.165, 1.54) is 0 Å². The smallest absolute Gasteiger partial charge is 0.252 e. The highest BCUT2D eigenvalue weighted by Crippen LogP contribution is 2.10. The minimum atomic E-state index is -0.199. The molecule has 0 aliphatic heterocycles. The Morgan fingerprint density at radius 2 is 1.82 bits per heavy atom. The van der Waals surface area contributed by atoms with Crippen molar-refractivity contribution < 1.29 is 0 Å². The Morgan fingerprint density at radius 1 is 1.24 bits per heavy atom. The molecule has 0 radical (unpaired) electrons. The third kappa shape index (κ3) is 3.07. The van der Waals surface area contributed by atoms with Gasteiger partial charge in [-0.25, -0.2) is 15.0 Å². The van der Waals surface area contributed by atoms with Gasteiger partial charge in [-0.2, -0.15) is 4.68 Å². The first-order chi connectivity index (χ1) is 8.18. The van der Waals surface area contributed by atoms with Crippen LogP contribution in [0.4, 0.5) is 0 Å². The lowest BCUT2D eigenvalue weighted by molar-refractivity contribution is 0.668. The third-order valence-corrected chi connectivity index (χ3v) is 1.89. The van der Waals surface area contributed by atoms with Crippen molar-refractivity contribution in [2.75, 3.05) is 0 Å². The summed E-state index contributed by atoms with van der Waals surface area (Å²) in [7, 11) is 0. The van der Waals surface area contributed by atoms with Gasteiger partial charge < -0.3 is 5.73 Å². The second-order valence-corrected chi connectivity index (χ2v) is 3.27. The Balaban J connectivity index is 0.000000686. The molecule has 2 rings (SSSR count). The van der Waals surface area contributed by atoms with Crippen molar-refractivity contribution in [3.05, 3.63) is 30.1 Å². The van der Waals surface area contributed by atoms with E-state index in [9.17, 15) is 0 Å². The van der Waals surface area contributed by atoms with E-state index in [1.54, 1.807) is 23.1 Å². The van der Waals surface area contributed by atoms with Crippen molar-refractivity contribution in [2.45, 2.75) is 33.7 Å². The van der Waals surface area contributed by atoms with Gasteiger partial charge in [0.1, 0.15) is 5.82 Å². The Bertz CT molecular complexity index is 448. The van der Waals surface area contributed by atoms with Crippen LogP contribution in [0.1, 0.15) is 38.5 Å². The summed E-state index contributed by atoms with van der Waals surface area (Å²) in [4.78, 5) is 12.4. The second-order valence-electron chi connectivity index (χ2n) is 3.27. The van der Waals surface area contributed by atoms with E-state index in [2.05, 4.69) is 20.1 Å². The zero-order chi connectivity index (χ0) is 12.8. The van der Waals surface area contributed by atoms with Gasteiger partial charge in [-0.1, -0.05) is 13.8 Å². The largest absolute Gasteiger partial charge is 0.322 e. The number of rotatable bonds is 2. The van der Waals surface area contributed by atoms with Crippen LogP contribution in [0.25, 0.3) is 5.95 Å². The first kappa shape index (κ1) is 13.2. The summed E-state index contributed by atoms with van der Waals surface area (Å²) in [5.74, 6) is 1.82. The maximum Gasteiger partial charge on any atom is 0.252 e. The number of aromatic nitrogens is 5. The molecule has 2 aromatic heterocycles. The molecule has 2 heterocycles. The lowest BCUT2D eigenvalue weighted by atomic mass is 10.3. The molecule has 0 saturated heterocycles. The van der Waals surface area contributed by atoms with Crippen LogP contribution < -0.4 is 5.73 Å². The van der Waals surface area contributed by atoms with E-state index in [0.717, 1.165) is 0 Å². The quantitative estimate of drug-likeness (QED) is 0.849. The molecule has 0 aliphatic rings. The molecule has 0 aromatic carbocycles. The minimum Gasteiger partial charge on any atom is -0.322 e. The average Bonchev–Trinajstić information content (AvgIpc) is 2.75. The lowest BCUT2D eigenvalue weighted by Crippen LogP contribution is -2.14. The second kappa shape index (κ2) is 6.05. The van der Waals surface area contributed by atoms with Crippen molar-refractivity contribution >= 4 is 0 Å². The van der Waals surface area contributed by atoms with E-state index in [1.807, 2.05) is 27.7 Å². The van der Waals surface area contributed by atoms with E-state index in [-0.39, 0.29) is 6.04 Å². The maximum atomic E-state index is 5.79. The van der Waals surface area contributed by atoms with Crippen molar-refractivity contribution in [1.29, 1.82) is 0 Å². The molecular weight excluding hydrogens is 216 g/mol. The molecule has 6 nitrogen and oxygen atoms in total. The molecular formula is C11H18N6. The van der Waals surface area contributed by atoms with Gasteiger partial charge in [0.25, 0.3) is 5.95 Å². The van der Waals surface area contributed by atoms with Gasteiger partial charge in [0.05, 0.1) is 6.04 Å². The maximum absolute atomic E-state index is 5.79. The number of hydrogen-bond donors (Lipinski definition) is 1. The molecule has 2 N–H and O–H groups in total. The van der Waals surface area contributed by atoms with E-state index >= 15 is 0 Å². The van der Waals surface area contributed by atoms with Gasteiger partial charge in [0.2, 0.25) is 0 Å². The summed E-state index contributed by atoms with van der Waals surface area (Å²) < 4.78 is 1.57.